The number of oxime groups is 1. The summed E-state index contributed by atoms with van der Waals surface area (Å²) >= 11 is 0. The first-order chi connectivity index (χ1) is 5.55. The van der Waals surface area contributed by atoms with Crippen molar-refractivity contribution in [3.05, 3.63) is 0 Å². The van der Waals surface area contributed by atoms with Gasteiger partial charge in [-0.05, 0) is 24.7 Å². The van der Waals surface area contributed by atoms with Crippen LogP contribution in [0.15, 0.2) is 5.16 Å². The van der Waals surface area contributed by atoms with Crippen LogP contribution in [-0.2, 0) is 0 Å². The SMILES string of the molecule is CC(C)(C)[C@H]1CCCC/C1=N\O. The lowest BCUT2D eigenvalue weighted by Gasteiger charge is -2.34. The van der Waals surface area contributed by atoms with E-state index < -0.39 is 0 Å². The van der Waals surface area contributed by atoms with E-state index >= 15 is 0 Å². The molecule has 1 aliphatic carbocycles. The number of rotatable bonds is 0. The average molecular weight is 169 g/mol. The summed E-state index contributed by atoms with van der Waals surface area (Å²) in [6.45, 7) is 6.65. The van der Waals surface area contributed by atoms with Gasteiger partial charge in [-0.15, -0.1) is 0 Å². The van der Waals surface area contributed by atoms with Crippen LogP contribution in [-0.4, -0.2) is 10.9 Å². The summed E-state index contributed by atoms with van der Waals surface area (Å²) in [7, 11) is 0. The van der Waals surface area contributed by atoms with Gasteiger partial charge >= 0.3 is 0 Å². The van der Waals surface area contributed by atoms with Crippen LogP contribution in [0.4, 0.5) is 0 Å². The number of nitrogens with zero attached hydrogens (tertiary/aromatic N) is 1. The lowest BCUT2D eigenvalue weighted by molar-refractivity contribution is 0.254. The van der Waals surface area contributed by atoms with Crippen molar-refractivity contribution in [2.24, 2.45) is 16.5 Å². The van der Waals surface area contributed by atoms with Gasteiger partial charge in [0.2, 0.25) is 0 Å². The minimum Gasteiger partial charge on any atom is -0.411 e. The lowest BCUT2D eigenvalue weighted by Crippen LogP contribution is -2.31. The monoisotopic (exact) mass is 169 g/mol. The molecule has 1 fully saturated rings. The van der Waals surface area contributed by atoms with Gasteiger partial charge in [0.05, 0.1) is 5.71 Å². The smallest absolute Gasteiger partial charge is 0.0606 e. The van der Waals surface area contributed by atoms with E-state index in [0.29, 0.717) is 5.92 Å². The molecule has 0 aromatic heterocycles. The number of hydrogen-bond acceptors (Lipinski definition) is 2. The third kappa shape index (κ3) is 1.99. The van der Waals surface area contributed by atoms with E-state index in [1.807, 2.05) is 0 Å². The van der Waals surface area contributed by atoms with Crippen LogP contribution in [0.2, 0.25) is 0 Å². The summed E-state index contributed by atoms with van der Waals surface area (Å²) in [6.07, 6.45) is 4.63. The number of hydrogen-bond donors (Lipinski definition) is 1. The fourth-order valence-electron chi connectivity index (χ4n) is 2.05. The third-order valence-electron chi connectivity index (χ3n) is 2.75. The van der Waals surface area contributed by atoms with E-state index in [1.165, 1.54) is 19.3 Å². The highest BCUT2D eigenvalue weighted by Gasteiger charge is 2.31. The maximum absolute atomic E-state index is 8.81. The van der Waals surface area contributed by atoms with Crippen LogP contribution in [0.3, 0.4) is 0 Å². The molecule has 70 valence electrons. The molecule has 12 heavy (non-hydrogen) atoms. The Bertz CT molecular complexity index is 179. The molecule has 2 nitrogen and oxygen atoms in total. The van der Waals surface area contributed by atoms with E-state index in [0.717, 1.165) is 12.1 Å². The van der Waals surface area contributed by atoms with Crippen LogP contribution < -0.4 is 0 Å². The molecule has 0 aromatic rings. The Morgan fingerprint density at radius 1 is 1.33 bits per heavy atom. The molecule has 0 radical (unpaired) electrons. The van der Waals surface area contributed by atoms with Crippen molar-refractivity contribution in [3.63, 3.8) is 0 Å². The molecule has 2 heteroatoms. The molecule has 1 aliphatic rings. The quantitative estimate of drug-likeness (QED) is 0.438. The molecular formula is C10H19NO. The van der Waals surface area contributed by atoms with Crippen molar-refractivity contribution in [1.82, 2.24) is 0 Å². The highest BCUT2D eigenvalue weighted by Crippen LogP contribution is 2.35. The Morgan fingerprint density at radius 2 is 2.00 bits per heavy atom. The predicted octanol–water partition coefficient (Wildman–Crippen LogP) is 3.05. The topological polar surface area (TPSA) is 32.6 Å². The van der Waals surface area contributed by atoms with Crippen LogP contribution >= 0.6 is 0 Å². The molecule has 0 heterocycles. The fourth-order valence-corrected chi connectivity index (χ4v) is 2.05. The maximum atomic E-state index is 8.81. The average Bonchev–Trinajstić information content (AvgIpc) is 2.03. The van der Waals surface area contributed by atoms with Gasteiger partial charge in [0, 0.05) is 5.92 Å². The summed E-state index contributed by atoms with van der Waals surface area (Å²) in [5.74, 6) is 0.483. The van der Waals surface area contributed by atoms with Gasteiger partial charge in [0.15, 0.2) is 0 Å². The van der Waals surface area contributed by atoms with Crippen LogP contribution in [0.1, 0.15) is 46.5 Å². The maximum Gasteiger partial charge on any atom is 0.0606 e. The molecule has 0 saturated heterocycles. The first-order valence-electron chi connectivity index (χ1n) is 4.76. The standard InChI is InChI=1S/C10H19NO/c1-10(2,3)8-6-4-5-7-9(8)11-12/h8,12H,4-7H2,1-3H3/b11-9+/t8-/m0/s1. The van der Waals surface area contributed by atoms with Gasteiger partial charge < -0.3 is 5.21 Å². The Labute approximate surface area is 74.7 Å². The van der Waals surface area contributed by atoms with Gasteiger partial charge in [0.25, 0.3) is 0 Å². The van der Waals surface area contributed by atoms with E-state index in [9.17, 15) is 0 Å². The van der Waals surface area contributed by atoms with Gasteiger partial charge in [-0.3, -0.25) is 0 Å². The zero-order valence-corrected chi connectivity index (χ0v) is 8.30. The first kappa shape index (κ1) is 9.56. The van der Waals surface area contributed by atoms with Crippen molar-refractivity contribution in [2.45, 2.75) is 46.5 Å². The summed E-state index contributed by atoms with van der Waals surface area (Å²) in [5.41, 5.74) is 1.26. The van der Waals surface area contributed by atoms with Crippen LogP contribution in [0.5, 0.6) is 0 Å². The highest BCUT2D eigenvalue weighted by atomic mass is 16.4. The van der Waals surface area contributed by atoms with Gasteiger partial charge in [-0.2, -0.15) is 0 Å². The normalized spacial score (nSPS) is 29.2. The van der Waals surface area contributed by atoms with Crippen molar-refractivity contribution < 1.29 is 5.21 Å². The lowest BCUT2D eigenvalue weighted by atomic mass is 9.71. The molecule has 0 unspecified atom stereocenters. The minimum atomic E-state index is 0.252. The Morgan fingerprint density at radius 3 is 2.42 bits per heavy atom. The summed E-state index contributed by atoms with van der Waals surface area (Å²) in [5, 5.41) is 12.2. The second kappa shape index (κ2) is 3.46. The van der Waals surface area contributed by atoms with E-state index in [4.69, 9.17) is 5.21 Å². The third-order valence-corrected chi connectivity index (χ3v) is 2.75. The summed E-state index contributed by atoms with van der Waals surface area (Å²) in [4.78, 5) is 0. The summed E-state index contributed by atoms with van der Waals surface area (Å²) in [6, 6.07) is 0. The molecular weight excluding hydrogens is 150 g/mol. The highest BCUT2D eigenvalue weighted by molar-refractivity contribution is 5.87. The largest absolute Gasteiger partial charge is 0.411 e. The van der Waals surface area contributed by atoms with Crippen molar-refractivity contribution in [3.8, 4) is 0 Å². The Kier molecular flexibility index (Phi) is 2.76. The van der Waals surface area contributed by atoms with Gasteiger partial charge in [-0.25, -0.2) is 0 Å². The molecule has 0 spiro atoms. The molecule has 1 N–H and O–H groups in total. The fraction of sp³-hybridized carbons (Fsp3) is 0.900. The zero-order chi connectivity index (χ0) is 9.19. The molecule has 0 amide bonds. The van der Waals surface area contributed by atoms with Gasteiger partial charge in [-0.1, -0.05) is 32.3 Å². The second-order valence-electron chi connectivity index (χ2n) is 4.76. The first-order valence-corrected chi connectivity index (χ1v) is 4.76. The molecule has 1 saturated carbocycles. The molecule has 0 aromatic carbocycles. The van der Waals surface area contributed by atoms with Crippen molar-refractivity contribution >= 4 is 5.71 Å². The van der Waals surface area contributed by atoms with Crippen molar-refractivity contribution in [1.29, 1.82) is 0 Å². The molecule has 0 bridgehead atoms. The molecule has 1 atom stereocenters. The second-order valence-corrected chi connectivity index (χ2v) is 4.76. The zero-order valence-electron chi connectivity index (χ0n) is 8.30. The van der Waals surface area contributed by atoms with E-state index in [2.05, 4.69) is 25.9 Å². The van der Waals surface area contributed by atoms with Gasteiger partial charge in [0.1, 0.15) is 0 Å². The van der Waals surface area contributed by atoms with E-state index in [-0.39, 0.29) is 5.41 Å². The predicted molar refractivity (Wildman–Crippen MR) is 50.6 cm³/mol. The Hall–Kier alpha value is -0.530. The molecule has 1 rings (SSSR count). The molecule has 0 aliphatic heterocycles. The van der Waals surface area contributed by atoms with E-state index in [1.54, 1.807) is 0 Å². The minimum absolute atomic E-state index is 0.252. The summed E-state index contributed by atoms with van der Waals surface area (Å²) < 4.78 is 0. The van der Waals surface area contributed by atoms with Crippen molar-refractivity contribution in [2.75, 3.05) is 0 Å². The van der Waals surface area contributed by atoms with Crippen LogP contribution in [0.25, 0.3) is 0 Å². The Balaban J connectivity index is 2.73. The van der Waals surface area contributed by atoms with Crippen LogP contribution in [0, 0.1) is 11.3 Å².